The molecule has 118 valence electrons. The van der Waals surface area contributed by atoms with Gasteiger partial charge in [-0.25, -0.2) is 0 Å². The first kappa shape index (κ1) is 16.7. The van der Waals surface area contributed by atoms with E-state index in [-0.39, 0.29) is 0 Å². The molecule has 0 bridgehead atoms. The highest BCUT2D eigenvalue weighted by Gasteiger charge is 2.09. The molecule has 0 N–H and O–H groups in total. The predicted octanol–water partition coefficient (Wildman–Crippen LogP) is 5.91. The molecule has 0 aliphatic heterocycles. The van der Waals surface area contributed by atoms with Crippen molar-refractivity contribution in [1.29, 1.82) is 0 Å². The Bertz CT molecular complexity index is 805. The molecule has 0 saturated heterocycles. The second kappa shape index (κ2) is 7.58. The summed E-state index contributed by atoms with van der Waals surface area (Å²) < 4.78 is 5.64. The standard InChI is InChI=1S/C16H11Cl3N2OS/c17-12-4-1-10(2-5-12)7-15-20-21-16(22-15)23-9-11-3-6-13(18)8-14(11)19/h1-6,8H,7,9H2. The largest absolute Gasteiger partial charge is 0.416 e. The van der Waals surface area contributed by atoms with Crippen molar-refractivity contribution in [1.82, 2.24) is 10.2 Å². The van der Waals surface area contributed by atoms with E-state index in [4.69, 9.17) is 39.2 Å². The number of hydrogen-bond acceptors (Lipinski definition) is 4. The number of benzene rings is 2. The molecule has 7 heteroatoms. The Balaban J connectivity index is 1.62. The maximum Gasteiger partial charge on any atom is 0.276 e. The van der Waals surface area contributed by atoms with Crippen molar-refractivity contribution in [2.24, 2.45) is 0 Å². The fourth-order valence-corrected chi connectivity index (χ4v) is 3.39. The van der Waals surface area contributed by atoms with E-state index in [1.54, 1.807) is 6.07 Å². The van der Waals surface area contributed by atoms with E-state index >= 15 is 0 Å². The summed E-state index contributed by atoms with van der Waals surface area (Å²) in [6, 6.07) is 13.0. The Kier molecular flexibility index (Phi) is 5.49. The van der Waals surface area contributed by atoms with Gasteiger partial charge in [-0.3, -0.25) is 0 Å². The monoisotopic (exact) mass is 384 g/mol. The lowest BCUT2D eigenvalue weighted by Crippen LogP contribution is -1.87. The molecule has 1 aromatic heterocycles. The van der Waals surface area contributed by atoms with Gasteiger partial charge in [0.25, 0.3) is 5.22 Å². The number of rotatable bonds is 5. The van der Waals surface area contributed by atoms with Crippen LogP contribution in [0.15, 0.2) is 52.1 Å². The predicted molar refractivity (Wildman–Crippen MR) is 94.6 cm³/mol. The molecule has 3 aromatic rings. The summed E-state index contributed by atoms with van der Waals surface area (Å²) >= 11 is 19.3. The van der Waals surface area contributed by atoms with E-state index < -0.39 is 0 Å². The van der Waals surface area contributed by atoms with E-state index in [0.29, 0.717) is 38.4 Å². The molecule has 0 saturated carbocycles. The van der Waals surface area contributed by atoms with Crippen LogP contribution < -0.4 is 0 Å². The zero-order valence-corrected chi connectivity index (χ0v) is 14.9. The first-order valence-electron chi connectivity index (χ1n) is 6.74. The molecular formula is C16H11Cl3N2OS. The summed E-state index contributed by atoms with van der Waals surface area (Å²) in [5.74, 6) is 1.20. The maximum atomic E-state index is 6.15. The molecule has 0 atom stereocenters. The van der Waals surface area contributed by atoms with Crippen LogP contribution in [0.2, 0.25) is 15.1 Å². The molecule has 0 unspecified atom stereocenters. The molecule has 0 radical (unpaired) electrons. The third kappa shape index (κ3) is 4.64. The fraction of sp³-hybridized carbons (Fsp3) is 0.125. The normalized spacial score (nSPS) is 10.9. The summed E-state index contributed by atoms with van der Waals surface area (Å²) in [4.78, 5) is 0. The van der Waals surface area contributed by atoms with Crippen molar-refractivity contribution in [3.63, 3.8) is 0 Å². The van der Waals surface area contributed by atoms with Crippen molar-refractivity contribution in [2.45, 2.75) is 17.4 Å². The van der Waals surface area contributed by atoms with E-state index in [1.807, 2.05) is 36.4 Å². The lowest BCUT2D eigenvalue weighted by Gasteiger charge is -2.02. The summed E-state index contributed by atoms with van der Waals surface area (Å²) in [7, 11) is 0. The van der Waals surface area contributed by atoms with Crippen molar-refractivity contribution in [2.75, 3.05) is 0 Å². The van der Waals surface area contributed by atoms with Crippen LogP contribution >= 0.6 is 46.6 Å². The smallest absolute Gasteiger partial charge is 0.276 e. The van der Waals surface area contributed by atoms with Crippen molar-refractivity contribution >= 4 is 46.6 Å². The highest BCUT2D eigenvalue weighted by Crippen LogP contribution is 2.28. The average molecular weight is 386 g/mol. The van der Waals surface area contributed by atoms with Gasteiger partial charge in [0.1, 0.15) is 0 Å². The molecule has 0 amide bonds. The molecule has 1 heterocycles. The molecule has 0 spiro atoms. The Morgan fingerprint density at radius 1 is 0.913 bits per heavy atom. The lowest BCUT2D eigenvalue weighted by atomic mass is 10.1. The quantitative estimate of drug-likeness (QED) is 0.511. The van der Waals surface area contributed by atoms with Gasteiger partial charge < -0.3 is 4.42 Å². The number of aromatic nitrogens is 2. The summed E-state index contributed by atoms with van der Waals surface area (Å²) in [6.45, 7) is 0. The maximum absolute atomic E-state index is 6.15. The topological polar surface area (TPSA) is 38.9 Å². The summed E-state index contributed by atoms with van der Waals surface area (Å²) in [5.41, 5.74) is 2.04. The number of halogens is 3. The zero-order valence-electron chi connectivity index (χ0n) is 11.8. The van der Waals surface area contributed by atoms with Gasteiger partial charge in [-0.1, -0.05) is 64.8 Å². The Labute approximate surface area is 153 Å². The van der Waals surface area contributed by atoms with E-state index in [9.17, 15) is 0 Å². The van der Waals surface area contributed by atoms with Gasteiger partial charge in [0.05, 0.1) is 6.42 Å². The van der Waals surface area contributed by atoms with Gasteiger partial charge in [-0.2, -0.15) is 0 Å². The Morgan fingerprint density at radius 2 is 1.65 bits per heavy atom. The van der Waals surface area contributed by atoms with Crippen molar-refractivity contribution in [3.8, 4) is 0 Å². The van der Waals surface area contributed by atoms with E-state index in [2.05, 4.69) is 10.2 Å². The van der Waals surface area contributed by atoms with E-state index in [0.717, 1.165) is 11.1 Å². The second-order valence-corrected chi connectivity index (χ2v) is 7.00. The summed E-state index contributed by atoms with van der Waals surface area (Å²) in [5, 5.41) is 10.6. The molecule has 2 aromatic carbocycles. The minimum atomic E-state index is 0.514. The van der Waals surface area contributed by atoms with Gasteiger partial charge in [-0.15, -0.1) is 10.2 Å². The fourth-order valence-electron chi connectivity index (χ4n) is 1.92. The molecule has 0 aliphatic carbocycles. The second-order valence-electron chi connectivity index (χ2n) is 4.79. The third-order valence-corrected chi connectivity index (χ3v) is 4.79. The first-order chi connectivity index (χ1) is 11.1. The average Bonchev–Trinajstić information content (AvgIpc) is 2.96. The van der Waals surface area contributed by atoms with E-state index in [1.165, 1.54) is 11.8 Å². The van der Waals surface area contributed by atoms with Crippen LogP contribution in [0.3, 0.4) is 0 Å². The molecule has 3 nitrogen and oxygen atoms in total. The highest BCUT2D eigenvalue weighted by molar-refractivity contribution is 7.98. The van der Waals surface area contributed by atoms with Crippen LogP contribution in [-0.4, -0.2) is 10.2 Å². The van der Waals surface area contributed by atoms with Gasteiger partial charge in [0.2, 0.25) is 5.89 Å². The number of thioether (sulfide) groups is 1. The first-order valence-corrected chi connectivity index (χ1v) is 8.85. The van der Waals surface area contributed by atoms with Crippen molar-refractivity contribution in [3.05, 3.63) is 74.6 Å². The van der Waals surface area contributed by atoms with Gasteiger partial charge in [0.15, 0.2) is 0 Å². The molecule has 0 aliphatic rings. The lowest BCUT2D eigenvalue weighted by molar-refractivity contribution is 0.420. The molecule has 0 fully saturated rings. The van der Waals surface area contributed by atoms with Gasteiger partial charge in [0, 0.05) is 20.8 Å². The van der Waals surface area contributed by atoms with Crippen LogP contribution in [0.4, 0.5) is 0 Å². The van der Waals surface area contributed by atoms with Crippen LogP contribution in [0.1, 0.15) is 17.0 Å². The Morgan fingerprint density at radius 3 is 2.39 bits per heavy atom. The van der Waals surface area contributed by atoms with Gasteiger partial charge in [-0.05, 0) is 35.4 Å². The number of hydrogen-bond donors (Lipinski definition) is 0. The van der Waals surface area contributed by atoms with Crippen LogP contribution in [0, 0.1) is 0 Å². The minimum Gasteiger partial charge on any atom is -0.416 e. The number of nitrogens with zero attached hydrogens (tertiary/aromatic N) is 2. The SMILES string of the molecule is Clc1ccc(Cc2nnc(SCc3ccc(Cl)cc3Cl)o2)cc1. The minimum absolute atomic E-state index is 0.514. The van der Waals surface area contributed by atoms with Crippen LogP contribution in [0.5, 0.6) is 0 Å². The molecule has 23 heavy (non-hydrogen) atoms. The van der Waals surface area contributed by atoms with Crippen molar-refractivity contribution < 1.29 is 4.42 Å². The van der Waals surface area contributed by atoms with Gasteiger partial charge >= 0.3 is 0 Å². The van der Waals surface area contributed by atoms with Crippen LogP contribution in [0.25, 0.3) is 0 Å². The Hall–Kier alpha value is -1.20. The summed E-state index contributed by atoms with van der Waals surface area (Å²) in [6.07, 6.45) is 0.576. The zero-order chi connectivity index (χ0) is 16.2. The molecular weight excluding hydrogens is 375 g/mol. The highest BCUT2D eigenvalue weighted by atomic mass is 35.5. The van der Waals surface area contributed by atoms with Crippen LogP contribution in [-0.2, 0) is 12.2 Å². The molecule has 3 rings (SSSR count). The third-order valence-electron chi connectivity index (χ3n) is 3.08.